The number of imidazole rings is 1. The molecular weight excluding hydrogens is 371 g/mol. The molecule has 1 saturated heterocycles. The van der Waals surface area contributed by atoms with Crippen LogP contribution in [0.1, 0.15) is 48.7 Å². The quantitative estimate of drug-likeness (QED) is 0.639. The van der Waals surface area contributed by atoms with E-state index in [2.05, 4.69) is 9.97 Å². The first-order chi connectivity index (χ1) is 14.1. The minimum atomic E-state index is -0.257. The van der Waals surface area contributed by atoms with Gasteiger partial charge in [-0.15, -0.1) is 0 Å². The minimum absolute atomic E-state index is 0.0855. The molecule has 7 heteroatoms. The first-order valence-corrected chi connectivity index (χ1v) is 10.1. The van der Waals surface area contributed by atoms with Gasteiger partial charge >= 0.3 is 0 Å². The van der Waals surface area contributed by atoms with E-state index < -0.39 is 0 Å². The molecule has 152 valence electrons. The molecule has 1 unspecified atom stereocenters. The number of amides is 1. The van der Waals surface area contributed by atoms with Crippen molar-refractivity contribution in [3.05, 3.63) is 71.7 Å². The van der Waals surface area contributed by atoms with E-state index >= 15 is 0 Å². The molecule has 3 aromatic rings. The Hall–Kier alpha value is -2.96. The molecule has 1 aliphatic rings. The zero-order valence-corrected chi connectivity index (χ0v) is 16.6. The third-order valence-corrected chi connectivity index (χ3v) is 5.39. The molecule has 1 aromatic carbocycles. The van der Waals surface area contributed by atoms with Crippen LogP contribution in [0, 0.1) is 5.82 Å². The highest BCUT2D eigenvalue weighted by Gasteiger charge is 2.28. The standard InChI is InChI=1S/C22H25FN4O2/c1-2-20-24-8-10-26(20)15-21(28)27-9-4-6-17(14-27)22-25-13-19(29-22)12-16-5-3-7-18(23)11-16/h3,5,7-8,10-11,13,17H,2,4,6,9,12,14-15H2,1H3. The monoisotopic (exact) mass is 396 g/mol. The lowest BCUT2D eigenvalue weighted by atomic mass is 9.98. The largest absolute Gasteiger partial charge is 0.445 e. The number of piperidine rings is 1. The van der Waals surface area contributed by atoms with Crippen molar-refractivity contribution in [2.24, 2.45) is 0 Å². The summed E-state index contributed by atoms with van der Waals surface area (Å²) < 4.78 is 21.2. The van der Waals surface area contributed by atoms with Crippen molar-refractivity contribution >= 4 is 5.91 Å². The van der Waals surface area contributed by atoms with Gasteiger partial charge in [-0.2, -0.15) is 0 Å². The maximum atomic E-state index is 13.4. The number of hydrogen-bond donors (Lipinski definition) is 0. The fourth-order valence-corrected chi connectivity index (χ4v) is 3.89. The van der Waals surface area contributed by atoms with Gasteiger partial charge in [0, 0.05) is 38.3 Å². The van der Waals surface area contributed by atoms with E-state index in [1.807, 2.05) is 28.7 Å². The summed E-state index contributed by atoms with van der Waals surface area (Å²) in [6.45, 7) is 3.70. The normalized spacial score (nSPS) is 16.9. The lowest BCUT2D eigenvalue weighted by molar-refractivity contribution is -0.133. The Morgan fingerprint density at radius 2 is 2.24 bits per heavy atom. The summed E-state index contributed by atoms with van der Waals surface area (Å²) in [6.07, 6.45) is 8.45. The lowest BCUT2D eigenvalue weighted by Crippen LogP contribution is -2.41. The van der Waals surface area contributed by atoms with Crippen LogP contribution in [0.5, 0.6) is 0 Å². The Kier molecular flexibility index (Phi) is 5.74. The number of carbonyl (C=O) groups excluding carboxylic acids is 1. The van der Waals surface area contributed by atoms with Gasteiger partial charge in [-0.05, 0) is 30.5 Å². The van der Waals surface area contributed by atoms with E-state index in [0.29, 0.717) is 31.2 Å². The molecular formula is C22H25FN4O2. The van der Waals surface area contributed by atoms with Gasteiger partial charge in [-0.3, -0.25) is 4.79 Å². The van der Waals surface area contributed by atoms with E-state index in [1.165, 1.54) is 12.1 Å². The third kappa shape index (κ3) is 4.55. The maximum Gasteiger partial charge on any atom is 0.242 e. The number of carbonyl (C=O) groups is 1. The van der Waals surface area contributed by atoms with E-state index in [4.69, 9.17) is 4.42 Å². The topological polar surface area (TPSA) is 64.2 Å². The highest BCUT2D eigenvalue weighted by Crippen LogP contribution is 2.27. The zero-order valence-electron chi connectivity index (χ0n) is 16.6. The Balaban J connectivity index is 1.39. The average Bonchev–Trinajstić information content (AvgIpc) is 3.37. The van der Waals surface area contributed by atoms with Gasteiger partial charge in [-0.25, -0.2) is 14.4 Å². The molecule has 1 aliphatic heterocycles. The molecule has 0 spiro atoms. The molecule has 0 radical (unpaired) electrons. The lowest BCUT2D eigenvalue weighted by Gasteiger charge is -2.31. The average molecular weight is 396 g/mol. The summed E-state index contributed by atoms with van der Waals surface area (Å²) in [6, 6.07) is 6.49. The van der Waals surface area contributed by atoms with Crippen LogP contribution >= 0.6 is 0 Å². The first-order valence-electron chi connectivity index (χ1n) is 10.1. The van der Waals surface area contributed by atoms with Crippen molar-refractivity contribution < 1.29 is 13.6 Å². The first kappa shape index (κ1) is 19.4. The predicted octanol–water partition coefficient (Wildman–Crippen LogP) is 3.57. The van der Waals surface area contributed by atoms with Crippen molar-refractivity contribution in [1.29, 1.82) is 0 Å². The maximum absolute atomic E-state index is 13.4. The van der Waals surface area contributed by atoms with E-state index in [9.17, 15) is 9.18 Å². The molecule has 0 bridgehead atoms. The molecule has 1 fully saturated rings. The highest BCUT2D eigenvalue weighted by molar-refractivity contribution is 5.76. The van der Waals surface area contributed by atoms with Gasteiger partial charge in [0.2, 0.25) is 5.91 Å². The predicted molar refractivity (Wildman–Crippen MR) is 106 cm³/mol. The van der Waals surface area contributed by atoms with Crippen LogP contribution in [0.25, 0.3) is 0 Å². The molecule has 6 nitrogen and oxygen atoms in total. The van der Waals surface area contributed by atoms with Gasteiger partial charge in [0.25, 0.3) is 0 Å². The highest BCUT2D eigenvalue weighted by atomic mass is 19.1. The fourth-order valence-electron chi connectivity index (χ4n) is 3.89. The number of hydrogen-bond acceptors (Lipinski definition) is 4. The van der Waals surface area contributed by atoms with Gasteiger partial charge in [0.1, 0.15) is 23.9 Å². The number of aromatic nitrogens is 3. The van der Waals surface area contributed by atoms with Gasteiger partial charge < -0.3 is 13.9 Å². The van der Waals surface area contributed by atoms with Crippen molar-refractivity contribution in [3.8, 4) is 0 Å². The summed E-state index contributed by atoms with van der Waals surface area (Å²) >= 11 is 0. The Labute approximate surface area is 169 Å². The molecule has 2 aromatic heterocycles. The number of rotatable bonds is 6. The van der Waals surface area contributed by atoms with Gasteiger partial charge in [0.05, 0.1) is 12.1 Å². The molecule has 1 amide bonds. The molecule has 0 aliphatic carbocycles. The number of aryl methyl sites for hydroxylation is 1. The number of benzene rings is 1. The number of nitrogens with zero attached hydrogens (tertiary/aromatic N) is 4. The molecule has 29 heavy (non-hydrogen) atoms. The van der Waals surface area contributed by atoms with Crippen LogP contribution in [0.3, 0.4) is 0 Å². The second-order valence-electron chi connectivity index (χ2n) is 7.48. The van der Waals surface area contributed by atoms with Crippen LogP contribution in [0.2, 0.25) is 0 Å². The fraction of sp³-hybridized carbons (Fsp3) is 0.409. The van der Waals surface area contributed by atoms with E-state index in [0.717, 1.165) is 37.2 Å². The van der Waals surface area contributed by atoms with Crippen LogP contribution < -0.4 is 0 Å². The number of oxazole rings is 1. The third-order valence-electron chi connectivity index (χ3n) is 5.39. The van der Waals surface area contributed by atoms with E-state index in [1.54, 1.807) is 18.5 Å². The molecule has 4 rings (SSSR count). The van der Waals surface area contributed by atoms with Crippen molar-refractivity contribution in [2.75, 3.05) is 13.1 Å². The molecule has 0 saturated carbocycles. The summed E-state index contributed by atoms with van der Waals surface area (Å²) in [5.41, 5.74) is 0.847. The van der Waals surface area contributed by atoms with Gasteiger partial charge in [-0.1, -0.05) is 19.1 Å². The van der Waals surface area contributed by atoms with Crippen molar-refractivity contribution in [1.82, 2.24) is 19.4 Å². The number of halogens is 1. The van der Waals surface area contributed by atoms with Crippen molar-refractivity contribution in [3.63, 3.8) is 0 Å². The minimum Gasteiger partial charge on any atom is -0.445 e. The second kappa shape index (κ2) is 8.59. The van der Waals surface area contributed by atoms with Crippen LogP contribution in [-0.4, -0.2) is 38.4 Å². The Morgan fingerprint density at radius 1 is 1.34 bits per heavy atom. The molecule has 1 atom stereocenters. The Bertz CT molecular complexity index is 981. The zero-order chi connectivity index (χ0) is 20.2. The smallest absolute Gasteiger partial charge is 0.242 e. The summed E-state index contributed by atoms with van der Waals surface area (Å²) in [5, 5.41) is 0. The van der Waals surface area contributed by atoms with Crippen LogP contribution in [0.4, 0.5) is 4.39 Å². The SMILES string of the molecule is CCc1nccn1CC(=O)N1CCCC(c2ncc(Cc3cccc(F)c3)o2)C1. The molecule has 3 heterocycles. The summed E-state index contributed by atoms with van der Waals surface area (Å²) in [7, 11) is 0. The summed E-state index contributed by atoms with van der Waals surface area (Å²) in [5.74, 6) is 2.21. The van der Waals surface area contributed by atoms with Crippen molar-refractivity contribution in [2.45, 2.75) is 45.1 Å². The van der Waals surface area contributed by atoms with Gasteiger partial charge in [0.15, 0.2) is 5.89 Å². The molecule has 0 N–H and O–H groups in total. The van der Waals surface area contributed by atoms with Crippen LogP contribution in [-0.2, 0) is 24.2 Å². The number of likely N-dealkylation sites (tertiary alicyclic amines) is 1. The summed E-state index contributed by atoms with van der Waals surface area (Å²) in [4.78, 5) is 23.4. The van der Waals surface area contributed by atoms with Crippen LogP contribution in [0.15, 0.2) is 47.3 Å². The van der Waals surface area contributed by atoms with E-state index in [-0.39, 0.29) is 17.6 Å². The second-order valence-corrected chi connectivity index (χ2v) is 7.48. The Morgan fingerprint density at radius 3 is 3.07 bits per heavy atom.